The van der Waals surface area contributed by atoms with E-state index in [2.05, 4.69) is 4.98 Å². The second-order valence-corrected chi connectivity index (χ2v) is 14.6. The highest BCUT2D eigenvalue weighted by Crippen LogP contribution is 2.53. The number of benzene rings is 1. The second-order valence-electron chi connectivity index (χ2n) is 12.4. The quantitative estimate of drug-likeness (QED) is 0.477. The number of sulfone groups is 1. The molecule has 1 aromatic carbocycles. The molecule has 0 spiro atoms. The van der Waals surface area contributed by atoms with Crippen molar-refractivity contribution in [3.63, 3.8) is 0 Å². The highest BCUT2D eigenvalue weighted by Gasteiger charge is 2.63. The van der Waals surface area contributed by atoms with E-state index in [1.165, 1.54) is 24.8 Å². The molecule has 2 amide bonds. The maximum atomic E-state index is 14.9. The molecule has 0 saturated carbocycles. The molecule has 0 radical (unpaired) electrons. The number of likely N-dealkylation sites (tertiary alicyclic amines) is 2. The van der Waals surface area contributed by atoms with E-state index in [0.717, 1.165) is 35.2 Å². The fourth-order valence-electron chi connectivity index (χ4n) is 6.68. The maximum Gasteiger partial charge on any atom is 0.428 e. The van der Waals surface area contributed by atoms with Gasteiger partial charge in [-0.2, -0.15) is 13.2 Å². The van der Waals surface area contributed by atoms with Crippen molar-refractivity contribution in [1.82, 2.24) is 14.8 Å². The number of alkyl halides is 5. The molecule has 3 heterocycles. The maximum absolute atomic E-state index is 14.9. The van der Waals surface area contributed by atoms with E-state index in [1.807, 2.05) is 0 Å². The van der Waals surface area contributed by atoms with Crippen LogP contribution in [0.5, 0.6) is 0 Å². The molecule has 240 valence electrons. The normalized spacial score (nSPS) is 27.2. The van der Waals surface area contributed by atoms with Crippen molar-refractivity contribution in [1.29, 1.82) is 0 Å². The molecule has 2 aromatic rings. The van der Waals surface area contributed by atoms with Gasteiger partial charge in [-0.1, -0.05) is 12.1 Å². The first kappa shape index (κ1) is 32.2. The molecule has 15 heteroatoms. The lowest BCUT2D eigenvalue weighted by atomic mass is 9.80. The van der Waals surface area contributed by atoms with Gasteiger partial charge in [0.15, 0.2) is 16.0 Å². The molecular weight excluding hydrogens is 616 g/mol. The predicted molar refractivity (Wildman–Crippen MR) is 144 cm³/mol. The number of aryl methyl sites for hydroxylation is 1. The zero-order valence-corrected chi connectivity index (χ0v) is 24.9. The molecule has 5 rings (SSSR count). The summed E-state index contributed by atoms with van der Waals surface area (Å²) in [7, 11) is -4.61. The minimum atomic E-state index is -5.31. The summed E-state index contributed by atoms with van der Waals surface area (Å²) in [5.41, 5.74) is -6.44. The number of carbonyl (C=O) groups excluding carboxylic acids is 2. The summed E-state index contributed by atoms with van der Waals surface area (Å²) in [5, 5.41) is 10.3. The topological polar surface area (TPSA) is 108 Å². The summed E-state index contributed by atoms with van der Waals surface area (Å²) >= 11 is 0. The Hall–Kier alpha value is -3.20. The zero-order valence-electron chi connectivity index (χ0n) is 24.0. The van der Waals surface area contributed by atoms with Crippen LogP contribution < -0.4 is 0 Å². The molecular formula is C29H31F6N3O5S. The number of hydrogen-bond acceptors (Lipinski definition) is 6. The van der Waals surface area contributed by atoms with Crippen molar-refractivity contribution in [3.8, 4) is 0 Å². The second kappa shape index (κ2) is 10.4. The molecule has 8 nitrogen and oxygen atoms in total. The lowest BCUT2D eigenvalue weighted by Crippen LogP contribution is -2.56. The van der Waals surface area contributed by atoms with Gasteiger partial charge in [-0.25, -0.2) is 21.6 Å². The largest absolute Gasteiger partial charge is 0.428 e. The molecule has 1 aliphatic carbocycles. The first-order chi connectivity index (χ1) is 20.2. The number of halogens is 6. The number of amides is 2. The molecule has 1 aromatic heterocycles. The lowest BCUT2D eigenvalue weighted by molar-refractivity contribution is -0.230. The Morgan fingerprint density at radius 2 is 1.82 bits per heavy atom. The van der Waals surface area contributed by atoms with Crippen LogP contribution in [0, 0.1) is 5.82 Å². The third-order valence-electron chi connectivity index (χ3n) is 8.81. The van der Waals surface area contributed by atoms with Gasteiger partial charge in [-0.3, -0.25) is 14.6 Å². The van der Waals surface area contributed by atoms with Crippen LogP contribution in [0.25, 0.3) is 0 Å². The van der Waals surface area contributed by atoms with Gasteiger partial charge in [0.05, 0.1) is 22.2 Å². The zero-order chi connectivity index (χ0) is 32.6. The fraction of sp³-hybridized carbons (Fsp3) is 0.552. The van der Waals surface area contributed by atoms with Gasteiger partial charge in [0.1, 0.15) is 16.6 Å². The molecule has 0 bridgehead atoms. The average molecular weight is 648 g/mol. The lowest BCUT2D eigenvalue weighted by Gasteiger charge is -2.43. The Morgan fingerprint density at radius 3 is 2.43 bits per heavy atom. The first-order valence-corrected chi connectivity index (χ1v) is 15.4. The highest BCUT2D eigenvalue weighted by atomic mass is 32.2. The summed E-state index contributed by atoms with van der Waals surface area (Å²) in [6.45, 7) is 2.48. The number of fused-ring (bicyclic) bond motifs is 3. The monoisotopic (exact) mass is 647 g/mol. The van der Waals surface area contributed by atoms with Gasteiger partial charge in [0.2, 0.25) is 11.6 Å². The smallest absolute Gasteiger partial charge is 0.389 e. The summed E-state index contributed by atoms with van der Waals surface area (Å²) in [4.78, 5) is 32.2. The third-order valence-corrected chi connectivity index (χ3v) is 11.3. The number of pyridine rings is 1. The fourth-order valence-corrected chi connectivity index (χ4v) is 9.06. The summed E-state index contributed by atoms with van der Waals surface area (Å²) < 4.78 is 111. The van der Waals surface area contributed by atoms with Crippen molar-refractivity contribution < 1.29 is 49.5 Å². The van der Waals surface area contributed by atoms with Crippen molar-refractivity contribution in [2.45, 2.75) is 91.8 Å². The molecule has 2 aliphatic heterocycles. The highest BCUT2D eigenvalue weighted by molar-refractivity contribution is 7.92. The molecule has 3 aliphatic rings. The molecule has 5 atom stereocenters. The summed E-state index contributed by atoms with van der Waals surface area (Å²) in [6, 6.07) is 3.46. The predicted octanol–water partition coefficient (Wildman–Crippen LogP) is 3.89. The van der Waals surface area contributed by atoms with E-state index >= 15 is 0 Å². The van der Waals surface area contributed by atoms with Gasteiger partial charge in [0.25, 0.3) is 5.91 Å². The number of β-amino-alcohol motifs (C(OH)–C–C–N with tert-alkyl or cyclic N) is 1. The third kappa shape index (κ3) is 4.95. The van der Waals surface area contributed by atoms with E-state index in [0.29, 0.717) is 6.92 Å². The van der Waals surface area contributed by atoms with Crippen LogP contribution in [-0.2, 0) is 36.3 Å². The number of aliphatic hydroxyl groups is 1. The van der Waals surface area contributed by atoms with E-state index in [1.54, 1.807) is 0 Å². The first-order valence-electron chi connectivity index (χ1n) is 14.0. The van der Waals surface area contributed by atoms with Crippen molar-refractivity contribution in [2.24, 2.45) is 0 Å². The van der Waals surface area contributed by atoms with Crippen LogP contribution in [0.4, 0.5) is 26.3 Å². The van der Waals surface area contributed by atoms with Gasteiger partial charge >= 0.3 is 6.18 Å². The van der Waals surface area contributed by atoms with E-state index in [4.69, 9.17) is 0 Å². The number of rotatable bonds is 6. The van der Waals surface area contributed by atoms with E-state index in [9.17, 15) is 49.5 Å². The Morgan fingerprint density at radius 1 is 1.14 bits per heavy atom. The Bertz CT molecular complexity index is 1610. The summed E-state index contributed by atoms with van der Waals surface area (Å²) in [5.74, 6) is -2.62. The Labute approximate surface area is 250 Å². The molecule has 3 unspecified atom stereocenters. The Kier molecular flexibility index (Phi) is 7.63. The minimum Gasteiger partial charge on any atom is -0.389 e. The van der Waals surface area contributed by atoms with Gasteiger partial charge in [0, 0.05) is 25.2 Å². The van der Waals surface area contributed by atoms with Gasteiger partial charge in [-0.15, -0.1) is 0 Å². The Balaban J connectivity index is 1.63. The standard InChI is InChI=1S/C29H31F6N3O5S/c1-26(2,41)15-38-21(14-19(31)24(38)39)25(40)37-12-11-28(44(42,43)17-6-4-5-16(30)13-17)18-7-9-22(27(3,32)29(33,34)35)36-20(18)8-10-23(28)37/h4-7,9,13,19,21,23,41H,8,10-12,14-15H2,1-3H3/t19-,21-,23?,27?,28?/m1/s1. The van der Waals surface area contributed by atoms with Crippen LogP contribution in [0.1, 0.15) is 57.0 Å². The van der Waals surface area contributed by atoms with Crippen molar-refractivity contribution >= 4 is 21.7 Å². The van der Waals surface area contributed by atoms with E-state index < -0.39 is 84.9 Å². The van der Waals surface area contributed by atoms with Crippen LogP contribution in [-0.4, -0.2) is 83.2 Å². The van der Waals surface area contributed by atoms with Crippen LogP contribution in [0.2, 0.25) is 0 Å². The molecule has 44 heavy (non-hydrogen) atoms. The van der Waals surface area contributed by atoms with Crippen LogP contribution in [0.15, 0.2) is 41.3 Å². The molecule has 2 saturated heterocycles. The van der Waals surface area contributed by atoms with Crippen molar-refractivity contribution in [3.05, 3.63) is 59.2 Å². The number of carbonyl (C=O) groups is 2. The van der Waals surface area contributed by atoms with Crippen LogP contribution >= 0.6 is 0 Å². The van der Waals surface area contributed by atoms with Crippen molar-refractivity contribution in [2.75, 3.05) is 13.1 Å². The van der Waals surface area contributed by atoms with Gasteiger partial charge < -0.3 is 14.9 Å². The SMILES string of the molecule is CC(C)(O)CN1C(=O)[C@H](F)C[C@@H]1C(=O)N1CCC2(S(=O)(=O)c3cccc(F)c3)c3ccc(C(C)(F)C(F)(F)F)nc3CCC12. The molecule has 2 fully saturated rings. The number of nitrogens with zero attached hydrogens (tertiary/aromatic N) is 3. The van der Waals surface area contributed by atoms with E-state index in [-0.39, 0.29) is 43.6 Å². The minimum absolute atomic E-state index is 0.0470. The number of hydrogen-bond donors (Lipinski definition) is 1. The molecule has 1 N–H and O–H groups in total. The van der Waals surface area contributed by atoms with Crippen LogP contribution in [0.3, 0.4) is 0 Å². The van der Waals surface area contributed by atoms with Gasteiger partial charge in [-0.05, 0) is 69.9 Å². The summed E-state index contributed by atoms with van der Waals surface area (Å²) in [6.07, 6.45) is -8.40. The number of aromatic nitrogens is 1. The average Bonchev–Trinajstić information content (AvgIpc) is 3.45.